The predicted octanol–water partition coefficient (Wildman–Crippen LogP) is 4.11. The van der Waals surface area contributed by atoms with Crippen LogP contribution in [0.25, 0.3) is 0 Å². The SMILES string of the molecule is COCc1cccc(C(O)c2cccc(CC(C)C)c2)c1. The van der Waals surface area contributed by atoms with E-state index in [0.29, 0.717) is 12.5 Å². The molecule has 1 N–H and O–H groups in total. The van der Waals surface area contributed by atoms with Crippen LogP contribution in [-0.4, -0.2) is 12.2 Å². The minimum Gasteiger partial charge on any atom is -0.384 e. The van der Waals surface area contributed by atoms with E-state index < -0.39 is 6.10 Å². The van der Waals surface area contributed by atoms with Gasteiger partial charge in [0.1, 0.15) is 6.10 Å². The topological polar surface area (TPSA) is 29.5 Å². The van der Waals surface area contributed by atoms with Gasteiger partial charge < -0.3 is 9.84 Å². The number of hydrogen-bond acceptors (Lipinski definition) is 2. The van der Waals surface area contributed by atoms with Crippen LogP contribution in [0.15, 0.2) is 48.5 Å². The molecule has 2 nitrogen and oxygen atoms in total. The molecule has 21 heavy (non-hydrogen) atoms. The van der Waals surface area contributed by atoms with E-state index in [1.807, 2.05) is 36.4 Å². The Balaban J connectivity index is 2.22. The molecule has 0 aliphatic rings. The van der Waals surface area contributed by atoms with E-state index in [4.69, 9.17) is 4.74 Å². The standard InChI is InChI=1S/C19H24O2/c1-14(2)10-15-6-4-8-17(11-15)19(20)18-9-5-7-16(12-18)13-21-3/h4-9,11-12,14,19-20H,10,13H2,1-3H3. The van der Waals surface area contributed by atoms with Crippen molar-refractivity contribution in [1.82, 2.24) is 0 Å². The summed E-state index contributed by atoms with van der Waals surface area (Å²) in [5, 5.41) is 10.6. The molecule has 0 heterocycles. The summed E-state index contributed by atoms with van der Waals surface area (Å²) in [6, 6.07) is 16.2. The second-order valence-electron chi connectivity index (χ2n) is 5.92. The van der Waals surface area contributed by atoms with E-state index >= 15 is 0 Å². The van der Waals surface area contributed by atoms with Gasteiger partial charge >= 0.3 is 0 Å². The summed E-state index contributed by atoms with van der Waals surface area (Å²) in [7, 11) is 1.68. The van der Waals surface area contributed by atoms with Crippen LogP contribution in [0.2, 0.25) is 0 Å². The average molecular weight is 284 g/mol. The quantitative estimate of drug-likeness (QED) is 0.865. The maximum Gasteiger partial charge on any atom is 0.104 e. The normalized spacial score (nSPS) is 12.6. The van der Waals surface area contributed by atoms with Crippen LogP contribution in [0, 0.1) is 5.92 Å². The molecule has 2 aromatic carbocycles. The molecular weight excluding hydrogens is 260 g/mol. The fraction of sp³-hybridized carbons (Fsp3) is 0.368. The molecule has 2 rings (SSSR count). The maximum atomic E-state index is 10.6. The van der Waals surface area contributed by atoms with Crippen LogP contribution < -0.4 is 0 Å². The van der Waals surface area contributed by atoms with Gasteiger partial charge in [0.15, 0.2) is 0 Å². The van der Waals surface area contributed by atoms with Crippen molar-refractivity contribution in [3.8, 4) is 0 Å². The first-order chi connectivity index (χ1) is 10.1. The monoisotopic (exact) mass is 284 g/mol. The summed E-state index contributed by atoms with van der Waals surface area (Å²) >= 11 is 0. The van der Waals surface area contributed by atoms with Gasteiger partial charge in [0.2, 0.25) is 0 Å². The molecule has 0 aromatic heterocycles. The Bertz CT molecular complexity index is 575. The van der Waals surface area contributed by atoms with Crippen LogP contribution >= 0.6 is 0 Å². The molecule has 0 spiro atoms. The van der Waals surface area contributed by atoms with Crippen molar-refractivity contribution in [3.05, 3.63) is 70.8 Å². The van der Waals surface area contributed by atoms with Crippen LogP contribution in [0.3, 0.4) is 0 Å². The highest BCUT2D eigenvalue weighted by atomic mass is 16.5. The Morgan fingerprint density at radius 1 is 0.952 bits per heavy atom. The lowest BCUT2D eigenvalue weighted by atomic mass is 9.95. The molecule has 0 fully saturated rings. The third kappa shape index (κ3) is 4.42. The molecule has 1 atom stereocenters. The van der Waals surface area contributed by atoms with Crippen LogP contribution in [-0.2, 0) is 17.8 Å². The van der Waals surface area contributed by atoms with Gasteiger partial charge in [-0.1, -0.05) is 62.4 Å². The van der Waals surface area contributed by atoms with Gasteiger partial charge in [0.05, 0.1) is 6.61 Å². The summed E-state index contributed by atoms with van der Waals surface area (Å²) in [6.45, 7) is 4.97. The van der Waals surface area contributed by atoms with Gasteiger partial charge in [0, 0.05) is 7.11 Å². The second kappa shape index (κ2) is 7.39. The fourth-order valence-electron chi connectivity index (χ4n) is 2.57. The first-order valence-electron chi connectivity index (χ1n) is 7.45. The number of hydrogen-bond donors (Lipinski definition) is 1. The predicted molar refractivity (Wildman–Crippen MR) is 86.2 cm³/mol. The molecule has 1 unspecified atom stereocenters. The molecule has 112 valence electrons. The third-order valence-electron chi connectivity index (χ3n) is 3.49. The highest BCUT2D eigenvalue weighted by Gasteiger charge is 2.11. The summed E-state index contributed by atoms with van der Waals surface area (Å²) < 4.78 is 5.15. The van der Waals surface area contributed by atoms with Crippen LogP contribution in [0.4, 0.5) is 0 Å². The van der Waals surface area contributed by atoms with Gasteiger partial charge in [0.25, 0.3) is 0 Å². The van der Waals surface area contributed by atoms with E-state index in [1.165, 1.54) is 5.56 Å². The molecule has 0 bridgehead atoms. The Morgan fingerprint density at radius 2 is 1.52 bits per heavy atom. The highest BCUT2D eigenvalue weighted by Crippen LogP contribution is 2.24. The van der Waals surface area contributed by atoms with Crippen molar-refractivity contribution in [2.75, 3.05) is 7.11 Å². The number of aliphatic hydroxyl groups is 1. The minimum absolute atomic E-state index is 0.563. The number of benzene rings is 2. The summed E-state index contributed by atoms with van der Waals surface area (Å²) in [5.74, 6) is 0.613. The molecule has 0 saturated heterocycles. The maximum absolute atomic E-state index is 10.6. The molecule has 0 aliphatic heterocycles. The van der Waals surface area contributed by atoms with Crippen molar-refractivity contribution >= 4 is 0 Å². The summed E-state index contributed by atoms with van der Waals surface area (Å²) in [5.41, 5.74) is 4.20. The van der Waals surface area contributed by atoms with Crippen molar-refractivity contribution in [1.29, 1.82) is 0 Å². The Labute approximate surface area is 127 Å². The van der Waals surface area contributed by atoms with Crippen molar-refractivity contribution < 1.29 is 9.84 Å². The first kappa shape index (κ1) is 15.7. The Morgan fingerprint density at radius 3 is 2.10 bits per heavy atom. The van der Waals surface area contributed by atoms with Gasteiger partial charge in [-0.05, 0) is 34.6 Å². The van der Waals surface area contributed by atoms with Crippen molar-refractivity contribution in [2.45, 2.75) is 33.0 Å². The molecular formula is C19H24O2. The van der Waals surface area contributed by atoms with Gasteiger partial charge in [-0.25, -0.2) is 0 Å². The fourth-order valence-corrected chi connectivity index (χ4v) is 2.57. The largest absolute Gasteiger partial charge is 0.384 e. The lowest BCUT2D eigenvalue weighted by molar-refractivity contribution is 0.184. The molecule has 2 aromatic rings. The zero-order valence-corrected chi connectivity index (χ0v) is 13.0. The van der Waals surface area contributed by atoms with Gasteiger partial charge in [-0.2, -0.15) is 0 Å². The molecule has 2 heteroatoms. The minimum atomic E-state index is -0.589. The van der Waals surface area contributed by atoms with Gasteiger partial charge in [-0.15, -0.1) is 0 Å². The van der Waals surface area contributed by atoms with E-state index in [0.717, 1.165) is 23.1 Å². The zero-order chi connectivity index (χ0) is 15.2. The number of aliphatic hydroxyl groups excluding tert-OH is 1. The average Bonchev–Trinajstić information content (AvgIpc) is 2.47. The summed E-state index contributed by atoms with van der Waals surface area (Å²) in [4.78, 5) is 0. The molecule has 0 radical (unpaired) electrons. The van der Waals surface area contributed by atoms with E-state index in [2.05, 4.69) is 26.0 Å². The van der Waals surface area contributed by atoms with E-state index in [9.17, 15) is 5.11 Å². The van der Waals surface area contributed by atoms with Crippen molar-refractivity contribution in [2.24, 2.45) is 5.92 Å². The van der Waals surface area contributed by atoms with Crippen LogP contribution in [0.5, 0.6) is 0 Å². The molecule has 0 saturated carbocycles. The Hall–Kier alpha value is -1.64. The van der Waals surface area contributed by atoms with Crippen molar-refractivity contribution in [3.63, 3.8) is 0 Å². The number of methoxy groups -OCH3 is 1. The number of rotatable bonds is 6. The molecule has 0 amide bonds. The first-order valence-corrected chi connectivity index (χ1v) is 7.45. The van der Waals surface area contributed by atoms with Crippen LogP contribution in [0.1, 0.15) is 42.2 Å². The zero-order valence-electron chi connectivity index (χ0n) is 13.0. The highest BCUT2D eigenvalue weighted by molar-refractivity contribution is 5.34. The van der Waals surface area contributed by atoms with E-state index in [1.54, 1.807) is 7.11 Å². The lowest BCUT2D eigenvalue weighted by Gasteiger charge is -2.14. The second-order valence-corrected chi connectivity index (χ2v) is 5.92. The summed E-state index contributed by atoms with van der Waals surface area (Å²) in [6.07, 6.45) is 0.443. The lowest BCUT2D eigenvalue weighted by Crippen LogP contribution is -2.02. The van der Waals surface area contributed by atoms with E-state index in [-0.39, 0.29) is 0 Å². The third-order valence-corrected chi connectivity index (χ3v) is 3.49. The Kier molecular flexibility index (Phi) is 5.54. The van der Waals surface area contributed by atoms with Gasteiger partial charge in [-0.3, -0.25) is 0 Å². The smallest absolute Gasteiger partial charge is 0.104 e. The number of ether oxygens (including phenoxy) is 1. The molecule has 0 aliphatic carbocycles.